The van der Waals surface area contributed by atoms with Gasteiger partial charge in [-0.05, 0) is 37.6 Å². The summed E-state index contributed by atoms with van der Waals surface area (Å²) in [7, 11) is 1.87. The van der Waals surface area contributed by atoms with E-state index in [2.05, 4.69) is 29.2 Å². The van der Waals surface area contributed by atoms with Crippen LogP contribution in [0.1, 0.15) is 42.1 Å². The number of hydrogen-bond acceptors (Lipinski definition) is 5. The van der Waals surface area contributed by atoms with E-state index in [1.54, 1.807) is 10.9 Å². The maximum Gasteiger partial charge on any atom is 0.272 e. The van der Waals surface area contributed by atoms with Crippen LogP contribution in [0.15, 0.2) is 47.1 Å². The van der Waals surface area contributed by atoms with Gasteiger partial charge in [0.25, 0.3) is 5.91 Å². The normalized spacial score (nSPS) is 13.5. The van der Waals surface area contributed by atoms with Crippen molar-refractivity contribution < 1.29 is 13.9 Å². The Morgan fingerprint density at radius 2 is 2.13 bits per heavy atom. The van der Waals surface area contributed by atoms with Gasteiger partial charge in [0.2, 0.25) is 0 Å². The minimum Gasteiger partial charge on any atom is -0.488 e. The number of carbonyl (C=O) groups is 1. The largest absolute Gasteiger partial charge is 0.488 e. The molecule has 0 radical (unpaired) electrons. The van der Waals surface area contributed by atoms with E-state index in [4.69, 9.17) is 9.15 Å². The predicted octanol–water partition coefficient (Wildman–Crippen LogP) is 3.60. The van der Waals surface area contributed by atoms with Crippen molar-refractivity contribution in [2.45, 2.75) is 39.5 Å². The second-order valence-electron chi connectivity index (χ2n) is 7.65. The third-order valence-corrected chi connectivity index (χ3v) is 5.71. The maximum atomic E-state index is 12.9. The van der Waals surface area contributed by atoms with Crippen molar-refractivity contribution in [2.75, 3.05) is 13.1 Å². The number of fused-ring (bicyclic) bond motifs is 3. The number of ether oxygens (including phenoxy) is 1. The van der Waals surface area contributed by atoms with E-state index in [1.165, 1.54) is 0 Å². The van der Waals surface area contributed by atoms with E-state index in [0.717, 1.165) is 47.8 Å². The van der Waals surface area contributed by atoms with Gasteiger partial charge in [0.05, 0.1) is 18.5 Å². The molecule has 3 heterocycles. The molecule has 158 valence electrons. The fourth-order valence-corrected chi connectivity index (χ4v) is 3.87. The molecular weight excluding hydrogens is 380 g/mol. The SMILES string of the molecule is CCC(C)N(CCNC(=O)c1nn(C)c2c1COc1ccccc1-2)Cc1ccco1. The van der Waals surface area contributed by atoms with Crippen molar-refractivity contribution in [1.29, 1.82) is 0 Å². The van der Waals surface area contributed by atoms with Gasteiger partial charge >= 0.3 is 0 Å². The number of carbonyl (C=O) groups excluding carboxylic acids is 1. The Hall–Kier alpha value is -3.06. The van der Waals surface area contributed by atoms with E-state index in [9.17, 15) is 4.79 Å². The standard InChI is InChI=1S/C23H28N4O3/c1-4-16(2)27(14-17-8-7-13-29-17)12-11-24-23(28)21-19-15-30-20-10-6-5-9-18(20)22(19)26(3)25-21/h5-10,13,16H,4,11-12,14-15H2,1-3H3,(H,24,28). The lowest BCUT2D eigenvalue weighted by molar-refractivity contribution is 0.0933. The van der Waals surface area contributed by atoms with Crippen LogP contribution in [0.4, 0.5) is 0 Å². The van der Waals surface area contributed by atoms with E-state index in [-0.39, 0.29) is 5.91 Å². The lowest BCUT2D eigenvalue weighted by Crippen LogP contribution is -2.39. The quantitative estimate of drug-likeness (QED) is 0.617. The van der Waals surface area contributed by atoms with E-state index in [1.807, 2.05) is 43.4 Å². The number of hydrogen-bond donors (Lipinski definition) is 1. The average Bonchev–Trinajstić information content (AvgIpc) is 3.40. The number of aromatic nitrogens is 2. The third-order valence-electron chi connectivity index (χ3n) is 5.71. The molecule has 3 aromatic rings. The van der Waals surface area contributed by atoms with Gasteiger partial charge in [0.15, 0.2) is 5.69 Å². The van der Waals surface area contributed by atoms with Crippen LogP contribution < -0.4 is 10.1 Å². The fraction of sp³-hybridized carbons (Fsp3) is 0.391. The number of benzene rings is 1. The van der Waals surface area contributed by atoms with Crippen LogP contribution in [0.25, 0.3) is 11.3 Å². The summed E-state index contributed by atoms with van der Waals surface area (Å²) >= 11 is 0. The molecule has 0 saturated carbocycles. The molecular formula is C23H28N4O3. The molecule has 1 unspecified atom stereocenters. The number of amides is 1. The van der Waals surface area contributed by atoms with Gasteiger partial charge in [-0.2, -0.15) is 5.10 Å². The maximum absolute atomic E-state index is 12.9. The van der Waals surface area contributed by atoms with E-state index in [0.29, 0.717) is 24.9 Å². The molecule has 0 aliphatic carbocycles. The second kappa shape index (κ2) is 8.75. The van der Waals surface area contributed by atoms with Crippen LogP contribution in [0.5, 0.6) is 5.75 Å². The van der Waals surface area contributed by atoms with Gasteiger partial charge in [-0.25, -0.2) is 0 Å². The van der Waals surface area contributed by atoms with Crippen LogP contribution >= 0.6 is 0 Å². The number of furan rings is 1. The zero-order chi connectivity index (χ0) is 21.1. The first-order valence-electron chi connectivity index (χ1n) is 10.4. The molecule has 1 aliphatic rings. The molecule has 30 heavy (non-hydrogen) atoms. The molecule has 2 aromatic heterocycles. The second-order valence-corrected chi connectivity index (χ2v) is 7.65. The fourth-order valence-electron chi connectivity index (χ4n) is 3.87. The number of para-hydroxylation sites is 1. The summed E-state index contributed by atoms with van der Waals surface area (Å²) in [4.78, 5) is 15.2. The van der Waals surface area contributed by atoms with E-state index < -0.39 is 0 Å². The Balaban J connectivity index is 1.44. The zero-order valence-electron chi connectivity index (χ0n) is 17.7. The van der Waals surface area contributed by atoms with Crippen LogP contribution in [0.3, 0.4) is 0 Å². The lowest BCUT2D eigenvalue weighted by Gasteiger charge is -2.27. The molecule has 1 aromatic carbocycles. The number of nitrogens with one attached hydrogen (secondary N) is 1. The minimum atomic E-state index is -0.170. The van der Waals surface area contributed by atoms with Crippen molar-refractivity contribution in [2.24, 2.45) is 7.05 Å². The predicted molar refractivity (Wildman–Crippen MR) is 114 cm³/mol. The highest BCUT2D eigenvalue weighted by molar-refractivity contribution is 5.96. The van der Waals surface area contributed by atoms with Crippen molar-refractivity contribution in [1.82, 2.24) is 20.0 Å². The highest BCUT2D eigenvalue weighted by atomic mass is 16.5. The monoisotopic (exact) mass is 408 g/mol. The highest BCUT2D eigenvalue weighted by Gasteiger charge is 2.28. The van der Waals surface area contributed by atoms with Crippen molar-refractivity contribution in [3.63, 3.8) is 0 Å². The molecule has 1 atom stereocenters. The lowest BCUT2D eigenvalue weighted by atomic mass is 10.0. The first-order valence-corrected chi connectivity index (χ1v) is 10.4. The number of nitrogens with zero attached hydrogens (tertiary/aromatic N) is 3. The first-order chi connectivity index (χ1) is 14.6. The first kappa shape index (κ1) is 20.2. The van der Waals surface area contributed by atoms with Gasteiger partial charge < -0.3 is 14.5 Å². The molecule has 0 bridgehead atoms. The summed E-state index contributed by atoms with van der Waals surface area (Å²) < 4.78 is 13.1. The molecule has 1 N–H and O–H groups in total. The number of aryl methyl sites for hydroxylation is 1. The molecule has 7 heteroatoms. The van der Waals surface area contributed by atoms with Gasteiger partial charge in [-0.3, -0.25) is 14.4 Å². The Morgan fingerprint density at radius 3 is 2.90 bits per heavy atom. The molecule has 1 amide bonds. The summed E-state index contributed by atoms with van der Waals surface area (Å²) in [6.07, 6.45) is 2.72. The van der Waals surface area contributed by atoms with Gasteiger partial charge in [-0.15, -0.1) is 0 Å². The molecule has 0 saturated heterocycles. The van der Waals surface area contributed by atoms with Crippen LogP contribution in [0, 0.1) is 0 Å². The summed E-state index contributed by atoms with van der Waals surface area (Å²) in [6.45, 7) is 6.69. The molecule has 4 rings (SSSR count). The summed E-state index contributed by atoms with van der Waals surface area (Å²) in [5.74, 6) is 1.58. The smallest absolute Gasteiger partial charge is 0.272 e. The van der Waals surface area contributed by atoms with E-state index >= 15 is 0 Å². The molecule has 1 aliphatic heterocycles. The zero-order valence-corrected chi connectivity index (χ0v) is 17.7. The highest BCUT2D eigenvalue weighted by Crippen LogP contribution is 2.38. The van der Waals surface area contributed by atoms with Crippen LogP contribution in [0.2, 0.25) is 0 Å². The molecule has 0 fully saturated rings. The van der Waals surface area contributed by atoms with Gasteiger partial charge in [0.1, 0.15) is 18.1 Å². The van der Waals surface area contributed by atoms with Crippen molar-refractivity contribution in [3.05, 3.63) is 59.7 Å². The molecule has 7 nitrogen and oxygen atoms in total. The van der Waals surface area contributed by atoms with Crippen molar-refractivity contribution in [3.8, 4) is 17.0 Å². The summed E-state index contributed by atoms with van der Waals surface area (Å²) in [5.41, 5.74) is 3.18. The molecule has 0 spiro atoms. The topological polar surface area (TPSA) is 72.5 Å². The average molecular weight is 409 g/mol. The van der Waals surface area contributed by atoms with Gasteiger partial charge in [-0.1, -0.05) is 19.1 Å². The van der Waals surface area contributed by atoms with Crippen molar-refractivity contribution >= 4 is 5.91 Å². The Morgan fingerprint density at radius 1 is 1.30 bits per heavy atom. The third kappa shape index (κ3) is 3.98. The summed E-state index contributed by atoms with van der Waals surface area (Å²) in [5, 5.41) is 7.53. The Kier molecular flexibility index (Phi) is 5.90. The Bertz CT molecular complexity index is 1010. The van der Waals surface area contributed by atoms with Crippen LogP contribution in [-0.4, -0.2) is 39.7 Å². The minimum absolute atomic E-state index is 0.170. The van der Waals surface area contributed by atoms with Crippen LogP contribution in [-0.2, 0) is 20.2 Å². The number of rotatable bonds is 8. The van der Waals surface area contributed by atoms with Gasteiger partial charge in [0, 0.05) is 37.3 Å². The Labute approximate surface area is 176 Å². The summed E-state index contributed by atoms with van der Waals surface area (Å²) in [6, 6.07) is 12.1.